The quantitative estimate of drug-likeness (QED) is 0.832. The van der Waals surface area contributed by atoms with Crippen LogP contribution in [0, 0.1) is 12.7 Å². The number of nitrogens with zero attached hydrogens (tertiary/aromatic N) is 1. The molecule has 5 nitrogen and oxygen atoms in total. The summed E-state index contributed by atoms with van der Waals surface area (Å²) < 4.78 is 13.0. The van der Waals surface area contributed by atoms with E-state index in [1.165, 1.54) is 18.2 Å². The molecule has 0 radical (unpaired) electrons. The van der Waals surface area contributed by atoms with Gasteiger partial charge in [-0.25, -0.2) is 4.39 Å². The van der Waals surface area contributed by atoms with Gasteiger partial charge in [-0.2, -0.15) is 0 Å². The van der Waals surface area contributed by atoms with Crippen LogP contribution in [-0.4, -0.2) is 42.4 Å². The maximum Gasteiger partial charge on any atom is 0.313 e. The first-order valence-electron chi connectivity index (χ1n) is 7.60. The van der Waals surface area contributed by atoms with Gasteiger partial charge in [0.2, 0.25) is 0 Å². The van der Waals surface area contributed by atoms with Crippen LogP contribution in [-0.2, 0) is 9.59 Å². The van der Waals surface area contributed by atoms with Crippen LogP contribution >= 0.6 is 0 Å². The average Bonchev–Trinajstić information content (AvgIpc) is 2.95. The van der Waals surface area contributed by atoms with E-state index < -0.39 is 11.8 Å². The topological polar surface area (TPSA) is 61.4 Å². The lowest BCUT2D eigenvalue weighted by Crippen LogP contribution is -2.43. The number of aryl methyl sites for hydroxylation is 1. The van der Waals surface area contributed by atoms with Gasteiger partial charge in [0.1, 0.15) is 5.82 Å². The summed E-state index contributed by atoms with van der Waals surface area (Å²) >= 11 is 0. The molecule has 1 fully saturated rings. The molecule has 0 aromatic heterocycles. The van der Waals surface area contributed by atoms with Gasteiger partial charge < -0.3 is 10.6 Å². The molecule has 1 aromatic carbocycles. The van der Waals surface area contributed by atoms with Crippen LogP contribution in [0.4, 0.5) is 10.1 Å². The molecule has 1 aliphatic heterocycles. The number of rotatable bonds is 4. The lowest BCUT2D eigenvalue weighted by atomic mass is 10.2. The van der Waals surface area contributed by atoms with Crippen molar-refractivity contribution < 1.29 is 14.0 Å². The summed E-state index contributed by atoms with van der Waals surface area (Å²) in [6, 6.07) is 4.31. The highest BCUT2D eigenvalue weighted by Gasteiger charge is 2.24. The van der Waals surface area contributed by atoms with E-state index in [1.807, 2.05) is 0 Å². The van der Waals surface area contributed by atoms with E-state index in [1.54, 1.807) is 6.92 Å². The summed E-state index contributed by atoms with van der Waals surface area (Å²) in [5, 5.41) is 5.18. The fourth-order valence-corrected chi connectivity index (χ4v) is 2.78. The van der Waals surface area contributed by atoms with E-state index in [4.69, 9.17) is 0 Å². The van der Waals surface area contributed by atoms with Gasteiger partial charge in [0.25, 0.3) is 0 Å². The predicted octanol–water partition coefficient (Wildman–Crippen LogP) is 1.67. The highest BCUT2D eigenvalue weighted by Crippen LogP contribution is 2.16. The Morgan fingerprint density at radius 2 is 2.14 bits per heavy atom. The first-order valence-corrected chi connectivity index (χ1v) is 7.60. The van der Waals surface area contributed by atoms with Crippen LogP contribution < -0.4 is 10.6 Å². The van der Waals surface area contributed by atoms with E-state index >= 15 is 0 Å². The van der Waals surface area contributed by atoms with E-state index in [-0.39, 0.29) is 5.82 Å². The van der Waals surface area contributed by atoms with Crippen molar-refractivity contribution in [2.24, 2.45) is 0 Å². The summed E-state index contributed by atoms with van der Waals surface area (Å²) in [4.78, 5) is 26.0. The van der Waals surface area contributed by atoms with Crippen molar-refractivity contribution in [3.05, 3.63) is 29.6 Å². The molecule has 1 heterocycles. The Morgan fingerprint density at radius 1 is 1.36 bits per heavy atom. The molecule has 1 aliphatic rings. The summed E-state index contributed by atoms with van der Waals surface area (Å²) in [6.45, 7) is 6.22. The van der Waals surface area contributed by atoms with Crippen LogP contribution in [0.25, 0.3) is 0 Å². The molecule has 0 spiro atoms. The molecule has 22 heavy (non-hydrogen) atoms. The number of amides is 2. The van der Waals surface area contributed by atoms with Crippen LogP contribution in [0.5, 0.6) is 0 Å². The highest BCUT2D eigenvalue weighted by atomic mass is 19.1. The van der Waals surface area contributed by atoms with Gasteiger partial charge in [0.05, 0.1) is 0 Å². The zero-order valence-electron chi connectivity index (χ0n) is 13.0. The molecule has 2 N–H and O–H groups in total. The molecule has 1 saturated heterocycles. The maximum absolute atomic E-state index is 13.0. The molecule has 6 heteroatoms. The summed E-state index contributed by atoms with van der Waals surface area (Å²) in [7, 11) is 0. The third-order valence-electron chi connectivity index (χ3n) is 4.05. The third kappa shape index (κ3) is 4.04. The highest BCUT2D eigenvalue weighted by molar-refractivity contribution is 6.39. The molecular weight excluding hydrogens is 285 g/mol. The number of benzene rings is 1. The van der Waals surface area contributed by atoms with Gasteiger partial charge >= 0.3 is 11.8 Å². The summed E-state index contributed by atoms with van der Waals surface area (Å²) in [5.74, 6) is -1.76. The van der Waals surface area contributed by atoms with E-state index in [0.717, 1.165) is 25.9 Å². The number of anilines is 1. The average molecular weight is 307 g/mol. The lowest BCUT2D eigenvalue weighted by Gasteiger charge is -2.22. The second-order valence-corrected chi connectivity index (χ2v) is 5.55. The van der Waals surface area contributed by atoms with Crippen LogP contribution in [0.15, 0.2) is 18.2 Å². The number of nitrogens with one attached hydrogen (secondary N) is 2. The molecule has 1 aromatic rings. The zero-order chi connectivity index (χ0) is 16.1. The number of likely N-dealkylation sites (N-methyl/N-ethyl adjacent to an activating group) is 1. The standard InChI is InChI=1S/C16H22FN3O2/c1-3-20-8-4-5-13(20)10-18-15(21)16(22)19-14-7-6-12(17)9-11(14)2/h6-7,9,13H,3-5,8,10H2,1-2H3,(H,18,21)(H,19,22)/t13-/m1/s1. The van der Waals surface area contributed by atoms with Crippen LogP contribution in [0.3, 0.4) is 0 Å². The van der Waals surface area contributed by atoms with E-state index in [2.05, 4.69) is 22.5 Å². The Bertz CT molecular complexity index is 562. The molecule has 0 unspecified atom stereocenters. The van der Waals surface area contributed by atoms with Gasteiger partial charge in [-0.05, 0) is 56.6 Å². The number of hydrogen-bond donors (Lipinski definition) is 2. The van der Waals surface area contributed by atoms with Crippen molar-refractivity contribution in [1.82, 2.24) is 10.2 Å². The Hall–Kier alpha value is -1.95. The van der Waals surface area contributed by atoms with Gasteiger partial charge in [-0.15, -0.1) is 0 Å². The van der Waals surface area contributed by atoms with Gasteiger partial charge in [0, 0.05) is 18.3 Å². The minimum absolute atomic E-state index is 0.300. The monoisotopic (exact) mass is 307 g/mol. The lowest BCUT2D eigenvalue weighted by molar-refractivity contribution is -0.136. The van der Waals surface area contributed by atoms with E-state index in [0.29, 0.717) is 23.8 Å². The Labute approximate surface area is 129 Å². The summed E-state index contributed by atoms with van der Waals surface area (Å²) in [6.07, 6.45) is 2.15. The van der Waals surface area contributed by atoms with Gasteiger partial charge in [-0.3, -0.25) is 14.5 Å². The van der Waals surface area contributed by atoms with Crippen molar-refractivity contribution in [2.45, 2.75) is 32.7 Å². The van der Waals surface area contributed by atoms with Crippen LogP contribution in [0.2, 0.25) is 0 Å². The first-order chi connectivity index (χ1) is 10.5. The minimum Gasteiger partial charge on any atom is -0.346 e. The smallest absolute Gasteiger partial charge is 0.313 e. The minimum atomic E-state index is -0.726. The molecule has 1 atom stereocenters. The fraction of sp³-hybridized carbons (Fsp3) is 0.500. The van der Waals surface area contributed by atoms with Crippen molar-refractivity contribution >= 4 is 17.5 Å². The van der Waals surface area contributed by atoms with Crippen molar-refractivity contribution in [1.29, 1.82) is 0 Å². The molecule has 2 amide bonds. The first kappa shape index (κ1) is 16.4. The van der Waals surface area contributed by atoms with Crippen molar-refractivity contribution in [3.8, 4) is 0 Å². The Morgan fingerprint density at radius 3 is 2.82 bits per heavy atom. The maximum atomic E-state index is 13.0. The summed E-state index contributed by atoms with van der Waals surface area (Å²) in [5.41, 5.74) is 1.02. The van der Waals surface area contributed by atoms with Gasteiger partial charge in [-0.1, -0.05) is 6.92 Å². The second-order valence-electron chi connectivity index (χ2n) is 5.55. The van der Waals surface area contributed by atoms with Crippen LogP contribution in [0.1, 0.15) is 25.3 Å². The molecule has 0 aliphatic carbocycles. The largest absolute Gasteiger partial charge is 0.346 e. The molecular formula is C16H22FN3O2. The number of carbonyl (C=O) groups is 2. The predicted molar refractivity (Wildman–Crippen MR) is 83.0 cm³/mol. The molecule has 120 valence electrons. The molecule has 2 rings (SSSR count). The Kier molecular flexibility index (Phi) is 5.49. The third-order valence-corrected chi connectivity index (χ3v) is 4.05. The van der Waals surface area contributed by atoms with E-state index in [9.17, 15) is 14.0 Å². The second kappa shape index (κ2) is 7.35. The number of carbonyl (C=O) groups excluding carboxylic acids is 2. The molecule has 0 bridgehead atoms. The zero-order valence-corrected chi connectivity index (χ0v) is 13.0. The fourth-order valence-electron chi connectivity index (χ4n) is 2.78. The SMILES string of the molecule is CCN1CCC[C@@H]1CNC(=O)C(=O)Nc1ccc(F)cc1C. The number of likely N-dealkylation sites (tertiary alicyclic amines) is 1. The van der Waals surface area contributed by atoms with Gasteiger partial charge in [0.15, 0.2) is 0 Å². The number of halogens is 1. The molecule has 0 saturated carbocycles. The van der Waals surface area contributed by atoms with Crippen molar-refractivity contribution in [3.63, 3.8) is 0 Å². The number of hydrogen-bond acceptors (Lipinski definition) is 3. The normalized spacial score (nSPS) is 18.2. The van der Waals surface area contributed by atoms with Crippen molar-refractivity contribution in [2.75, 3.05) is 25.0 Å². The Balaban J connectivity index is 1.85.